The van der Waals surface area contributed by atoms with Gasteiger partial charge in [-0.05, 0) is 67.0 Å². The van der Waals surface area contributed by atoms with Crippen molar-refractivity contribution in [2.24, 2.45) is 0 Å². The first-order valence-corrected chi connectivity index (χ1v) is 14.0. The zero-order valence-corrected chi connectivity index (χ0v) is 23.0. The van der Waals surface area contributed by atoms with E-state index in [2.05, 4.69) is 48.0 Å². The molecule has 0 aliphatic carbocycles. The largest absolute Gasteiger partial charge is 0.489 e. The molecule has 1 fully saturated rings. The van der Waals surface area contributed by atoms with E-state index in [4.69, 9.17) is 21.3 Å². The molecule has 4 heterocycles. The molecule has 0 saturated carbocycles. The van der Waals surface area contributed by atoms with Gasteiger partial charge < -0.3 is 9.64 Å². The summed E-state index contributed by atoms with van der Waals surface area (Å²) >= 11 is 7.27. The van der Waals surface area contributed by atoms with Gasteiger partial charge in [-0.15, -0.1) is 0 Å². The smallest absolute Gasteiger partial charge is 0.354 e. The van der Waals surface area contributed by atoms with Crippen molar-refractivity contribution in [3.05, 3.63) is 75.3 Å². The van der Waals surface area contributed by atoms with Gasteiger partial charge in [-0.25, -0.2) is 4.79 Å². The number of nitrogens with zero attached hydrogens (tertiary/aromatic N) is 4. The van der Waals surface area contributed by atoms with Gasteiger partial charge in [0.2, 0.25) is 0 Å². The highest BCUT2D eigenvalue weighted by Gasteiger charge is 2.34. The van der Waals surface area contributed by atoms with Crippen LogP contribution in [0, 0.1) is 6.92 Å². The number of hydrogen-bond donors (Lipinski definition) is 1. The Morgan fingerprint density at radius 2 is 2.00 bits per heavy atom. The quantitative estimate of drug-likeness (QED) is 0.274. The Labute approximate surface area is 231 Å². The van der Waals surface area contributed by atoms with Crippen molar-refractivity contribution in [3.63, 3.8) is 0 Å². The third-order valence-electron chi connectivity index (χ3n) is 8.28. The lowest BCUT2D eigenvalue weighted by Crippen LogP contribution is -2.43. The van der Waals surface area contributed by atoms with Crippen LogP contribution in [-0.2, 0) is 0 Å². The predicted molar refractivity (Wildman–Crippen MR) is 157 cm³/mol. The predicted octanol–water partition coefficient (Wildman–Crippen LogP) is 6.77. The maximum Gasteiger partial charge on any atom is 0.354 e. The van der Waals surface area contributed by atoms with Crippen LogP contribution in [0.5, 0.6) is 5.75 Å². The summed E-state index contributed by atoms with van der Waals surface area (Å²) < 4.78 is 8.32. The molecule has 1 atom stereocenters. The molecule has 7 nitrogen and oxygen atoms in total. The van der Waals surface area contributed by atoms with Gasteiger partial charge >= 0.3 is 5.69 Å². The number of nitrogens with one attached hydrogen (secondary N) is 1. The summed E-state index contributed by atoms with van der Waals surface area (Å²) in [6.07, 6.45) is 5.01. The molecule has 0 unspecified atom stereocenters. The summed E-state index contributed by atoms with van der Waals surface area (Å²) in [4.78, 5) is 21.0. The maximum atomic E-state index is 14.0. The van der Waals surface area contributed by atoms with Crippen LogP contribution in [-0.4, -0.2) is 38.9 Å². The van der Waals surface area contributed by atoms with Crippen LogP contribution < -0.4 is 15.3 Å². The second-order valence-electron chi connectivity index (χ2n) is 11.0. The SMILES string of the molecule is Cc1ccc2[nH]ncc2c1-c1cc2c3c(nc(=O)n2-c2ccccc2C(C)C)N2CCCC[C@H]2COc3c1Cl. The van der Waals surface area contributed by atoms with Crippen LogP contribution in [0.15, 0.2) is 53.5 Å². The van der Waals surface area contributed by atoms with E-state index in [0.717, 1.165) is 75.6 Å². The van der Waals surface area contributed by atoms with Crippen molar-refractivity contribution >= 4 is 39.2 Å². The molecular formula is C31H30ClN5O2. The molecule has 0 amide bonds. The topological polar surface area (TPSA) is 76.0 Å². The Bertz CT molecular complexity index is 1820. The van der Waals surface area contributed by atoms with Gasteiger partial charge in [-0.1, -0.05) is 49.7 Å². The lowest BCUT2D eigenvalue weighted by Gasteiger charge is -2.35. The average Bonchev–Trinajstić information content (AvgIpc) is 3.34. The van der Waals surface area contributed by atoms with E-state index in [1.807, 2.05) is 36.5 Å². The van der Waals surface area contributed by atoms with Gasteiger partial charge in [-0.2, -0.15) is 10.1 Å². The number of aromatic amines is 1. The fourth-order valence-electron chi connectivity index (χ4n) is 6.37. The minimum atomic E-state index is -0.297. The first-order chi connectivity index (χ1) is 18.9. The summed E-state index contributed by atoms with van der Waals surface area (Å²) in [7, 11) is 0. The van der Waals surface area contributed by atoms with Crippen LogP contribution >= 0.6 is 11.6 Å². The zero-order valence-electron chi connectivity index (χ0n) is 22.3. The van der Waals surface area contributed by atoms with Crippen molar-refractivity contribution in [2.75, 3.05) is 18.1 Å². The summed E-state index contributed by atoms with van der Waals surface area (Å²) in [5.41, 5.74) is 6.14. The van der Waals surface area contributed by atoms with E-state index in [1.165, 1.54) is 0 Å². The number of para-hydroxylation sites is 1. The second-order valence-corrected chi connectivity index (χ2v) is 11.3. The fraction of sp³-hybridized carbons (Fsp3) is 0.323. The number of aryl methyl sites for hydroxylation is 1. The van der Waals surface area contributed by atoms with Crippen LogP contribution in [0.25, 0.3) is 38.6 Å². The molecule has 0 spiro atoms. The van der Waals surface area contributed by atoms with Crippen LogP contribution in [0.3, 0.4) is 0 Å². The summed E-state index contributed by atoms with van der Waals surface area (Å²) in [5, 5.41) is 9.67. The average molecular weight is 540 g/mol. The summed E-state index contributed by atoms with van der Waals surface area (Å²) in [6.45, 7) is 7.69. The monoisotopic (exact) mass is 539 g/mol. The molecule has 198 valence electrons. The lowest BCUT2D eigenvalue weighted by atomic mass is 9.95. The summed E-state index contributed by atoms with van der Waals surface area (Å²) in [5.74, 6) is 1.49. The first kappa shape index (κ1) is 24.2. The van der Waals surface area contributed by atoms with Crippen molar-refractivity contribution in [1.82, 2.24) is 19.7 Å². The molecule has 1 N–H and O–H groups in total. The number of H-pyrrole nitrogens is 1. The molecule has 39 heavy (non-hydrogen) atoms. The van der Waals surface area contributed by atoms with E-state index in [1.54, 1.807) is 4.57 Å². The van der Waals surface area contributed by atoms with E-state index in [9.17, 15) is 4.79 Å². The number of ether oxygens (including phenoxy) is 1. The van der Waals surface area contributed by atoms with Crippen LogP contribution in [0.4, 0.5) is 5.82 Å². The second kappa shape index (κ2) is 9.12. The van der Waals surface area contributed by atoms with E-state index >= 15 is 0 Å². The summed E-state index contributed by atoms with van der Waals surface area (Å²) in [6, 6.07) is 14.3. The Morgan fingerprint density at radius 3 is 2.85 bits per heavy atom. The minimum absolute atomic E-state index is 0.151. The standard InChI is InChI=1S/C31H30ClN5O2/c1-17(2)20-9-4-5-10-24(20)37-25-14-21(26-18(3)11-12-23-22(26)15-33-35-23)28(32)29-27(25)30(34-31(37)38)36-13-7-6-8-19(36)16-39-29/h4-5,9-12,14-15,17,19H,6-8,13,16H2,1-3H3,(H,33,35)/t19-/m0/s1. The number of anilines is 1. The maximum absolute atomic E-state index is 14.0. The Morgan fingerprint density at radius 1 is 1.15 bits per heavy atom. The Kier molecular flexibility index (Phi) is 5.67. The molecule has 0 bridgehead atoms. The van der Waals surface area contributed by atoms with Gasteiger partial charge in [0.05, 0.1) is 39.4 Å². The molecule has 8 heteroatoms. The molecule has 5 aromatic rings. The molecule has 7 rings (SSSR count). The van der Waals surface area contributed by atoms with Gasteiger partial charge in [0.15, 0.2) is 5.75 Å². The first-order valence-electron chi connectivity index (χ1n) is 13.6. The minimum Gasteiger partial charge on any atom is -0.489 e. The highest BCUT2D eigenvalue weighted by atomic mass is 35.5. The Balaban J connectivity index is 1.64. The van der Waals surface area contributed by atoms with Crippen LogP contribution in [0.2, 0.25) is 5.02 Å². The number of rotatable bonds is 3. The fourth-order valence-corrected chi connectivity index (χ4v) is 6.66. The highest BCUT2D eigenvalue weighted by Crippen LogP contribution is 2.48. The number of aromatic nitrogens is 4. The Hall–Kier alpha value is -3.84. The number of hydrogen-bond acceptors (Lipinski definition) is 5. The van der Waals surface area contributed by atoms with Crippen molar-refractivity contribution < 1.29 is 4.74 Å². The van der Waals surface area contributed by atoms with E-state index in [-0.39, 0.29) is 17.6 Å². The van der Waals surface area contributed by atoms with Crippen molar-refractivity contribution in [3.8, 4) is 22.6 Å². The molecule has 1 saturated heterocycles. The number of halogens is 1. The highest BCUT2D eigenvalue weighted by molar-refractivity contribution is 6.37. The van der Waals surface area contributed by atoms with Gasteiger partial charge in [0.1, 0.15) is 12.4 Å². The van der Waals surface area contributed by atoms with Gasteiger partial charge in [-0.3, -0.25) is 9.67 Å². The lowest BCUT2D eigenvalue weighted by molar-refractivity contribution is 0.268. The van der Waals surface area contributed by atoms with Crippen molar-refractivity contribution in [1.29, 1.82) is 0 Å². The van der Waals surface area contributed by atoms with E-state index < -0.39 is 0 Å². The third kappa shape index (κ3) is 3.67. The molecule has 2 aliphatic rings. The number of benzene rings is 3. The van der Waals surface area contributed by atoms with E-state index in [0.29, 0.717) is 23.2 Å². The zero-order chi connectivity index (χ0) is 26.8. The molecule has 2 aliphatic heterocycles. The van der Waals surface area contributed by atoms with Crippen molar-refractivity contribution in [2.45, 2.75) is 52.0 Å². The number of fused-ring (bicyclic) bond motifs is 3. The molecule has 0 radical (unpaired) electrons. The molecule has 2 aromatic heterocycles. The molecule has 3 aromatic carbocycles. The van der Waals surface area contributed by atoms with Gasteiger partial charge in [0, 0.05) is 17.5 Å². The third-order valence-corrected chi connectivity index (χ3v) is 8.65. The van der Waals surface area contributed by atoms with Crippen LogP contribution in [0.1, 0.15) is 50.2 Å². The normalized spacial score (nSPS) is 16.9. The molecular weight excluding hydrogens is 510 g/mol. The van der Waals surface area contributed by atoms with Gasteiger partial charge in [0.25, 0.3) is 0 Å². The number of piperidine rings is 1.